The maximum Gasteiger partial charge on any atom is 1.00 e. The number of anilines is 1. The van der Waals surface area contributed by atoms with E-state index in [4.69, 9.17) is 46.0 Å². The minimum absolute atomic E-state index is 0. The zero-order chi connectivity index (χ0) is 15.6. The van der Waals surface area contributed by atoms with Crippen molar-refractivity contribution in [2.75, 3.05) is 5.32 Å². The Morgan fingerprint density at radius 1 is 1.45 bits per heavy atom. The van der Waals surface area contributed by atoms with Gasteiger partial charge in [0.15, 0.2) is 0 Å². The number of hydrogen-bond acceptors (Lipinski definition) is 6. The van der Waals surface area contributed by atoms with Crippen LogP contribution in [-0.4, -0.2) is 12.6 Å². The second kappa shape index (κ2) is 8.07. The Kier molecular flexibility index (Phi) is 7.28. The minimum atomic E-state index is -3.95. The molecule has 0 aliphatic carbocycles. The molecule has 2 aromatic rings. The van der Waals surface area contributed by atoms with Gasteiger partial charge in [-0.1, -0.05) is 11.6 Å². The number of rotatable bonds is 5. The van der Waals surface area contributed by atoms with Gasteiger partial charge in [0.25, 0.3) is 0 Å². The molecule has 0 atom stereocenters. The van der Waals surface area contributed by atoms with Crippen molar-refractivity contribution in [1.29, 1.82) is 0 Å². The smallest absolute Gasteiger partial charge is 0.467 e. The second-order valence-corrected chi connectivity index (χ2v) is 7.11. The number of halogens is 1. The van der Waals surface area contributed by atoms with Crippen LogP contribution in [-0.2, 0) is 29.2 Å². The molecule has 2 rings (SSSR count). The first-order valence-corrected chi connectivity index (χ1v) is 8.37. The predicted molar refractivity (Wildman–Crippen MR) is 87.9 cm³/mol. The van der Waals surface area contributed by atoms with Gasteiger partial charge < -0.3 is 34.6 Å². The molecule has 112 valence electrons. The van der Waals surface area contributed by atoms with Crippen LogP contribution in [0, 0.1) is 0 Å². The van der Waals surface area contributed by atoms with Gasteiger partial charge >= 0.3 is 29.6 Å². The Labute approximate surface area is 166 Å². The van der Waals surface area contributed by atoms with Gasteiger partial charge in [-0.3, -0.25) is 0 Å². The molecule has 0 bridgehead atoms. The van der Waals surface area contributed by atoms with E-state index in [0.29, 0.717) is 23.6 Å². The van der Waals surface area contributed by atoms with Crippen LogP contribution in [0.4, 0.5) is 5.69 Å². The van der Waals surface area contributed by atoms with Crippen molar-refractivity contribution in [3.8, 4) is 0 Å². The van der Waals surface area contributed by atoms with Gasteiger partial charge in [-0.25, -0.2) is 13.6 Å². The van der Waals surface area contributed by atoms with Crippen molar-refractivity contribution >= 4 is 56.4 Å². The van der Waals surface area contributed by atoms with Gasteiger partial charge in [0.2, 0.25) is 10.0 Å². The number of nitrogens with two attached hydrogens (primary N) is 1. The molecule has 0 fully saturated rings. The summed E-state index contributed by atoms with van der Waals surface area (Å²) in [6, 6.07) is 6.25. The van der Waals surface area contributed by atoms with Crippen LogP contribution < -0.4 is 40.0 Å². The van der Waals surface area contributed by atoms with Crippen LogP contribution in [0.3, 0.4) is 0 Å². The second-order valence-electron chi connectivity index (χ2n) is 4.09. The Hall–Kier alpha value is -0.190. The molecule has 0 aliphatic heterocycles. The largest absolute Gasteiger partial charge is 1.00 e. The van der Waals surface area contributed by atoms with Crippen molar-refractivity contribution in [1.82, 2.24) is 0 Å². The zero-order valence-corrected chi connectivity index (χ0v) is 16.7. The molecule has 0 unspecified atom stereocenters. The van der Waals surface area contributed by atoms with Crippen LogP contribution in [0.2, 0.25) is 5.02 Å². The van der Waals surface area contributed by atoms with Crippen molar-refractivity contribution in [3.63, 3.8) is 0 Å². The summed E-state index contributed by atoms with van der Waals surface area (Å²) in [4.78, 5) is -0.213. The summed E-state index contributed by atoms with van der Waals surface area (Å²) >= 11 is 15.9. The molecule has 0 saturated carbocycles. The molecule has 1 aromatic heterocycles. The third-order valence-corrected chi connectivity index (χ3v) is 4.45. The van der Waals surface area contributed by atoms with Gasteiger partial charge in [0.05, 0.1) is 17.8 Å². The Morgan fingerprint density at radius 2 is 2.14 bits per heavy atom. The van der Waals surface area contributed by atoms with Gasteiger partial charge in [-0.2, -0.15) is 0 Å². The molecule has 22 heavy (non-hydrogen) atoms. The summed E-state index contributed by atoms with van der Waals surface area (Å²) in [6.45, 7) is 0.378. The number of hydrogen-bond donors (Lipinski definition) is 2. The van der Waals surface area contributed by atoms with Crippen molar-refractivity contribution < 1.29 is 42.4 Å². The van der Waals surface area contributed by atoms with E-state index in [-0.39, 0.29) is 43.7 Å². The van der Waals surface area contributed by atoms with E-state index >= 15 is 0 Å². The summed E-state index contributed by atoms with van der Waals surface area (Å²) in [5.74, 6) is 0.697. The molecule has 3 N–H and O–H groups in total. The molecule has 0 saturated heterocycles. The average Bonchev–Trinajstić information content (AvgIpc) is 2.87. The SMILES string of the molecule is NS(=O)(=O)c1cc(C(=S)[S-])c(NCc2ccco2)cc1Cl.[Na+]. The standard InChI is InChI=1S/C12H11ClN2O3S3.Na/c13-9-5-10(15-6-7-2-1-3-18-7)8(12(19)20)4-11(9)21(14,16)17;/h1-5,15H,6H2,(H,19,20)(H2,14,16,17);/q;+1/p-1. The molecule has 0 aliphatic rings. The molecule has 5 nitrogen and oxygen atoms in total. The van der Waals surface area contributed by atoms with E-state index in [1.165, 1.54) is 12.1 Å². The van der Waals surface area contributed by atoms with E-state index in [0.717, 1.165) is 0 Å². The normalized spacial score (nSPS) is 10.8. The van der Waals surface area contributed by atoms with E-state index < -0.39 is 10.0 Å². The molecule has 1 aromatic carbocycles. The first kappa shape index (κ1) is 19.9. The minimum Gasteiger partial charge on any atom is -0.467 e. The molecular weight excluding hydrogens is 375 g/mol. The quantitative estimate of drug-likeness (QED) is 0.407. The first-order valence-electron chi connectivity index (χ1n) is 5.63. The fourth-order valence-electron chi connectivity index (χ4n) is 1.68. The number of furan rings is 1. The summed E-state index contributed by atoms with van der Waals surface area (Å²) in [5.41, 5.74) is 0.892. The number of thiocarbonyl (C=S) groups is 1. The van der Waals surface area contributed by atoms with E-state index in [2.05, 4.69) is 5.32 Å². The van der Waals surface area contributed by atoms with Gasteiger partial charge in [0, 0.05) is 5.69 Å². The number of sulfonamides is 1. The first-order chi connectivity index (χ1) is 9.79. The average molecular weight is 385 g/mol. The third-order valence-electron chi connectivity index (χ3n) is 2.63. The third kappa shape index (κ3) is 4.90. The van der Waals surface area contributed by atoms with E-state index in [1.54, 1.807) is 18.4 Å². The van der Waals surface area contributed by atoms with Crippen molar-refractivity contribution in [3.05, 3.63) is 46.9 Å². The van der Waals surface area contributed by atoms with E-state index in [1.807, 2.05) is 0 Å². The number of benzene rings is 1. The van der Waals surface area contributed by atoms with Gasteiger partial charge in [-0.15, -0.1) is 4.20 Å². The maximum absolute atomic E-state index is 11.5. The summed E-state index contributed by atoms with van der Waals surface area (Å²) in [7, 11) is -3.95. The molecule has 10 heteroatoms. The fourth-order valence-corrected chi connectivity index (χ4v) is 3.12. The Morgan fingerprint density at radius 3 is 2.64 bits per heavy atom. The molecule has 0 radical (unpaired) electrons. The van der Waals surface area contributed by atoms with Crippen LogP contribution in [0.1, 0.15) is 11.3 Å². The van der Waals surface area contributed by atoms with Crippen molar-refractivity contribution in [2.45, 2.75) is 11.4 Å². The zero-order valence-electron chi connectivity index (χ0n) is 11.5. The fraction of sp³-hybridized carbons (Fsp3) is 0.0833. The monoisotopic (exact) mass is 384 g/mol. The van der Waals surface area contributed by atoms with Crippen LogP contribution in [0.5, 0.6) is 0 Å². The molecular formula is C12H10ClN2NaO3S3. The van der Waals surface area contributed by atoms with Gasteiger partial charge in [-0.05, 0) is 29.8 Å². The number of nitrogens with one attached hydrogen (secondary N) is 1. The molecule has 1 heterocycles. The van der Waals surface area contributed by atoms with Crippen LogP contribution >= 0.6 is 23.8 Å². The van der Waals surface area contributed by atoms with Crippen LogP contribution in [0.25, 0.3) is 0 Å². The number of primary sulfonamides is 1. The predicted octanol–water partition coefficient (Wildman–Crippen LogP) is -0.581. The topological polar surface area (TPSA) is 85.3 Å². The Bertz CT molecular complexity index is 779. The Balaban J connectivity index is 0.00000242. The summed E-state index contributed by atoms with van der Waals surface area (Å²) < 4.78 is 28.2. The van der Waals surface area contributed by atoms with Crippen LogP contribution in [0.15, 0.2) is 39.8 Å². The molecule has 0 amide bonds. The maximum atomic E-state index is 11.5. The van der Waals surface area contributed by atoms with Gasteiger partial charge in [0.1, 0.15) is 10.7 Å². The van der Waals surface area contributed by atoms with E-state index in [9.17, 15) is 8.42 Å². The summed E-state index contributed by atoms with van der Waals surface area (Å²) in [6.07, 6.45) is 1.55. The molecule has 0 spiro atoms. The van der Waals surface area contributed by atoms with Crippen molar-refractivity contribution in [2.24, 2.45) is 5.14 Å². The summed E-state index contributed by atoms with van der Waals surface area (Å²) in [5, 5.41) is 8.15.